The van der Waals surface area contributed by atoms with Crippen LogP contribution < -0.4 is 15.8 Å². The minimum absolute atomic E-state index is 0.263. The molecule has 0 radical (unpaired) electrons. The predicted octanol–water partition coefficient (Wildman–Crippen LogP) is 4.09. The molecule has 21 heavy (non-hydrogen) atoms. The van der Waals surface area contributed by atoms with Gasteiger partial charge < -0.3 is 15.8 Å². The molecule has 0 saturated heterocycles. The lowest BCUT2D eigenvalue weighted by molar-refractivity contribution is -0.116. The van der Waals surface area contributed by atoms with Crippen LogP contribution >= 0.6 is 31.9 Å². The van der Waals surface area contributed by atoms with Crippen molar-refractivity contribution in [3.05, 3.63) is 50.7 Å². The predicted molar refractivity (Wildman–Crippen MR) is 83.9 cm³/mol. The van der Waals surface area contributed by atoms with E-state index in [1.807, 2.05) is 0 Å². The third-order valence-electron chi connectivity index (χ3n) is 3.09. The average molecular weight is 416 g/mol. The molecule has 0 spiro atoms. The highest BCUT2D eigenvalue weighted by molar-refractivity contribution is 9.11. The summed E-state index contributed by atoms with van der Waals surface area (Å²) in [6.07, 6.45) is 0. The van der Waals surface area contributed by atoms with E-state index < -0.39 is 11.9 Å². The lowest BCUT2D eigenvalue weighted by atomic mass is 10.1. The van der Waals surface area contributed by atoms with Gasteiger partial charge in [0.2, 0.25) is 5.91 Å². The van der Waals surface area contributed by atoms with Crippen LogP contribution in [0.2, 0.25) is 0 Å². The SMILES string of the molecule is NC1C(=O)Nc2cc(Oc3cc(F)ccc3Br)c(Br)cc21. The van der Waals surface area contributed by atoms with Crippen molar-refractivity contribution in [2.24, 2.45) is 5.73 Å². The van der Waals surface area contributed by atoms with Gasteiger partial charge in [0.15, 0.2) is 0 Å². The molecule has 0 bridgehead atoms. The summed E-state index contributed by atoms with van der Waals surface area (Å²) in [4.78, 5) is 11.6. The first-order valence-electron chi connectivity index (χ1n) is 5.98. The number of nitrogens with one attached hydrogen (secondary N) is 1. The van der Waals surface area contributed by atoms with Crippen molar-refractivity contribution in [3.63, 3.8) is 0 Å². The summed E-state index contributed by atoms with van der Waals surface area (Å²) in [7, 11) is 0. The maximum Gasteiger partial charge on any atom is 0.245 e. The minimum atomic E-state index is -0.689. The molecule has 4 nitrogen and oxygen atoms in total. The van der Waals surface area contributed by atoms with E-state index in [-0.39, 0.29) is 5.91 Å². The molecule has 3 N–H and O–H groups in total. The summed E-state index contributed by atoms with van der Waals surface area (Å²) < 4.78 is 20.2. The largest absolute Gasteiger partial charge is 0.455 e. The molecular formula is C14H9Br2FN2O2. The van der Waals surface area contributed by atoms with Gasteiger partial charge in [-0.05, 0) is 50.1 Å². The van der Waals surface area contributed by atoms with E-state index in [9.17, 15) is 9.18 Å². The van der Waals surface area contributed by atoms with Crippen LogP contribution in [-0.2, 0) is 4.79 Å². The molecule has 2 aromatic carbocycles. The third kappa shape index (κ3) is 2.68. The van der Waals surface area contributed by atoms with E-state index in [4.69, 9.17) is 10.5 Å². The summed E-state index contributed by atoms with van der Waals surface area (Å²) in [6, 6.07) is 6.85. The Kier molecular flexibility index (Phi) is 3.73. The first-order valence-corrected chi connectivity index (χ1v) is 7.57. The fraction of sp³-hybridized carbons (Fsp3) is 0.0714. The molecule has 1 unspecified atom stereocenters. The average Bonchev–Trinajstić information content (AvgIpc) is 2.70. The lowest BCUT2D eigenvalue weighted by Crippen LogP contribution is -2.19. The van der Waals surface area contributed by atoms with Crippen LogP contribution in [0.3, 0.4) is 0 Å². The van der Waals surface area contributed by atoms with Gasteiger partial charge in [-0.25, -0.2) is 4.39 Å². The highest BCUT2D eigenvalue weighted by Gasteiger charge is 2.28. The first-order chi connectivity index (χ1) is 9.95. The molecule has 108 valence electrons. The third-order valence-corrected chi connectivity index (χ3v) is 4.37. The number of carbonyl (C=O) groups is 1. The van der Waals surface area contributed by atoms with Crippen molar-refractivity contribution >= 4 is 43.5 Å². The van der Waals surface area contributed by atoms with E-state index in [1.54, 1.807) is 18.2 Å². The van der Waals surface area contributed by atoms with Crippen molar-refractivity contribution in [2.75, 3.05) is 5.32 Å². The van der Waals surface area contributed by atoms with Gasteiger partial charge in [-0.3, -0.25) is 4.79 Å². The summed E-state index contributed by atoms with van der Waals surface area (Å²) in [5.41, 5.74) is 7.06. The van der Waals surface area contributed by atoms with E-state index in [0.717, 1.165) is 0 Å². The molecule has 2 aromatic rings. The fourth-order valence-electron chi connectivity index (χ4n) is 2.04. The molecule has 0 aromatic heterocycles. The van der Waals surface area contributed by atoms with Crippen LogP contribution in [-0.4, -0.2) is 5.91 Å². The van der Waals surface area contributed by atoms with E-state index in [2.05, 4.69) is 37.2 Å². The van der Waals surface area contributed by atoms with Crippen LogP contribution in [0.4, 0.5) is 10.1 Å². The number of hydrogen-bond donors (Lipinski definition) is 2. The van der Waals surface area contributed by atoms with E-state index in [1.165, 1.54) is 12.1 Å². The Bertz CT molecular complexity index is 752. The minimum Gasteiger partial charge on any atom is -0.455 e. The zero-order valence-electron chi connectivity index (χ0n) is 10.5. The molecule has 3 rings (SSSR count). The number of nitrogens with two attached hydrogens (primary N) is 1. The maximum absolute atomic E-state index is 13.3. The van der Waals surface area contributed by atoms with Crippen LogP contribution in [0.1, 0.15) is 11.6 Å². The number of ether oxygens (including phenoxy) is 1. The molecular weight excluding hydrogens is 407 g/mol. The summed E-state index contributed by atoms with van der Waals surface area (Å²) in [5.74, 6) is 0.125. The zero-order valence-corrected chi connectivity index (χ0v) is 13.7. The Morgan fingerprint density at radius 2 is 1.86 bits per heavy atom. The monoisotopic (exact) mass is 414 g/mol. The Morgan fingerprint density at radius 3 is 2.62 bits per heavy atom. The number of carbonyl (C=O) groups excluding carboxylic acids is 1. The smallest absolute Gasteiger partial charge is 0.245 e. The standard InChI is InChI=1S/C14H9Br2FN2O2/c15-8-2-1-6(17)3-11(8)21-12-5-10-7(4-9(12)16)13(18)14(20)19-10/h1-5,13H,18H2,(H,19,20). The molecule has 0 saturated carbocycles. The molecule has 1 aliphatic rings. The molecule has 0 fully saturated rings. The first kappa shape index (κ1) is 14.5. The van der Waals surface area contributed by atoms with Gasteiger partial charge in [-0.15, -0.1) is 0 Å². The lowest BCUT2D eigenvalue weighted by Gasteiger charge is -2.12. The van der Waals surface area contributed by atoms with Crippen molar-refractivity contribution < 1.29 is 13.9 Å². The van der Waals surface area contributed by atoms with Gasteiger partial charge in [0.1, 0.15) is 23.4 Å². The second-order valence-electron chi connectivity index (χ2n) is 4.51. The number of anilines is 1. The maximum atomic E-state index is 13.3. The Balaban J connectivity index is 1.99. The molecule has 1 heterocycles. The summed E-state index contributed by atoms with van der Waals surface area (Å²) in [6.45, 7) is 0. The van der Waals surface area contributed by atoms with Gasteiger partial charge >= 0.3 is 0 Å². The van der Waals surface area contributed by atoms with Gasteiger partial charge in [0, 0.05) is 23.4 Å². The van der Waals surface area contributed by atoms with Crippen LogP contribution in [0.15, 0.2) is 39.3 Å². The zero-order chi connectivity index (χ0) is 15.1. The number of hydrogen-bond acceptors (Lipinski definition) is 3. The highest BCUT2D eigenvalue weighted by atomic mass is 79.9. The number of benzene rings is 2. The van der Waals surface area contributed by atoms with Crippen molar-refractivity contribution in [3.8, 4) is 11.5 Å². The molecule has 7 heteroatoms. The molecule has 1 amide bonds. The molecule has 1 atom stereocenters. The number of amides is 1. The fourth-order valence-corrected chi connectivity index (χ4v) is 2.81. The van der Waals surface area contributed by atoms with Gasteiger partial charge in [0.25, 0.3) is 0 Å². The number of rotatable bonds is 2. The summed E-state index contributed by atoms with van der Waals surface area (Å²) in [5, 5.41) is 2.68. The van der Waals surface area contributed by atoms with Gasteiger partial charge in [-0.1, -0.05) is 0 Å². The van der Waals surface area contributed by atoms with Crippen molar-refractivity contribution in [1.29, 1.82) is 0 Å². The van der Waals surface area contributed by atoms with Crippen LogP contribution in [0, 0.1) is 5.82 Å². The number of fused-ring (bicyclic) bond motifs is 1. The Morgan fingerprint density at radius 1 is 1.14 bits per heavy atom. The number of halogens is 3. The van der Waals surface area contributed by atoms with Crippen molar-refractivity contribution in [1.82, 2.24) is 0 Å². The van der Waals surface area contributed by atoms with E-state index >= 15 is 0 Å². The second kappa shape index (κ2) is 5.40. The van der Waals surface area contributed by atoms with Crippen LogP contribution in [0.25, 0.3) is 0 Å². The van der Waals surface area contributed by atoms with E-state index in [0.29, 0.717) is 31.7 Å². The van der Waals surface area contributed by atoms with Crippen LogP contribution in [0.5, 0.6) is 11.5 Å². The van der Waals surface area contributed by atoms with Crippen molar-refractivity contribution in [2.45, 2.75) is 6.04 Å². The Hall–Kier alpha value is -1.44. The topological polar surface area (TPSA) is 64.4 Å². The van der Waals surface area contributed by atoms with Gasteiger partial charge in [0.05, 0.1) is 8.95 Å². The quantitative estimate of drug-likeness (QED) is 0.776. The summed E-state index contributed by atoms with van der Waals surface area (Å²) >= 11 is 6.67. The highest BCUT2D eigenvalue weighted by Crippen LogP contribution is 2.40. The molecule has 0 aliphatic carbocycles. The Labute approximate surface area is 136 Å². The van der Waals surface area contributed by atoms with Gasteiger partial charge in [-0.2, -0.15) is 0 Å². The molecule has 1 aliphatic heterocycles. The second-order valence-corrected chi connectivity index (χ2v) is 6.22. The normalized spacial score (nSPS) is 16.6.